The Bertz CT molecular complexity index is 328. The van der Waals surface area contributed by atoms with Gasteiger partial charge < -0.3 is 15.2 Å². The van der Waals surface area contributed by atoms with Gasteiger partial charge in [-0.3, -0.25) is 4.79 Å². The minimum atomic E-state index is -0.0764. The summed E-state index contributed by atoms with van der Waals surface area (Å²) in [6, 6.07) is 1.74. The van der Waals surface area contributed by atoms with Crippen molar-refractivity contribution in [1.82, 2.24) is 5.32 Å². The maximum absolute atomic E-state index is 11.5. The third-order valence-electron chi connectivity index (χ3n) is 1.80. The van der Waals surface area contributed by atoms with E-state index >= 15 is 0 Å². The molecule has 0 aromatic carbocycles. The highest BCUT2D eigenvalue weighted by Gasteiger charge is 2.06. The molecule has 0 spiro atoms. The van der Waals surface area contributed by atoms with Crippen LogP contribution in [0, 0.1) is 0 Å². The number of amides is 1. The van der Waals surface area contributed by atoms with Gasteiger partial charge in [0.2, 0.25) is 0 Å². The van der Waals surface area contributed by atoms with Crippen LogP contribution in [0.2, 0.25) is 0 Å². The Kier molecular flexibility index (Phi) is 6.47. The molecule has 0 atom stereocenters. The predicted molar refractivity (Wildman–Crippen MR) is 66.4 cm³/mol. The summed E-state index contributed by atoms with van der Waals surface area (Å²) in [4.78, 5) is 13.0. The summed E-state index contributed by atoms with van der Waals surface area (Å²) in [5.74, 6) is -0.0764. The Morgan fingerprint density at radius 3 is 3.00 bits per heavy atom. The average molecular weight is 261 g/mol. The van der Waals surface area contributed by atoms with Gasteiger partial charge in [0, 0.05) is 23.4 Å². The number of hydrogen-bond acceptors (Lipinski definition) is 5. The number of thiol groups is 1. The number of hydrogen-bond donors (Lipinski definition) is 3. The molecule has 0 bridgehead atoms. The number of thiophene rings is 1. The normalized spacial score (nSPS) is 10.4. The number of aliphatic hydroxyl groups is 1. The van der Waals surface area contributed by atoms with Crippen LogP contribution in [0.15, 0.2) is 16.3 Å². The molecule has 16 heavy (non-hydrogen) atoms. The van der Waals surface area contributed by atoms with Gasteiger partial charge in [-0.1, -0.05) is 0 Å². The van der Waals surface area contributed by atoms with Crippen LogP contribution in [0.1, 0.15) is 16.1 Å². The number of carbonyl (C=O) groups is 1. The average Bonchev–Trinajstić information content (AvgIpc) is 2.70. The third-order valence-corrected chi connectivity index (χ3v) is 3.16. The van der Waals surface area contributed by atoms with Gasteiger partial charge in [-0.05, 0) is 12.5 Å². The predicted octanol–water partition coefficient (Wildman–Crippen LogP) is 1.17. The lowest BCUT2D eigenvalue weighted by Crippen LogP contribution is -2.24. The maximum Gasteiger partial charge on any atom is 0.261 e. The fourth-order valence-electron chi connectivity index (χ4n) is 1.08. The van der Waals surface area contributed by atoms with Crippen molar-refractivity contribution >= 4 is 29.9 Å². The number of nitrogens with one attached hydrogen (secondary N) is 1. The van der Waals surface area contributed by atoms with Gasteiger partial charge in [0.25, 0.3) is 5.91 Å². The van der Waals surface area contributed by atoms with Crippen LogP contribution in [-0.4, -0.2) is 37.4 Å². The number of ether oxygens (including phenoxy) is 1. The van der Waals surface area contributed by atoms with Gasteiger partial charge in [0.15, 0.2) is 0 Å². The molecule has 0 aliphatic rings. The van der Waals surface area contributed by atoms with Gasteiger partial charge in [0.05, 0.1) is 18.1 Å². The lowest BCUT2D eigenvalue weighted by molar-refractivity contribution is 0.0869. The molecule has 1 aromatic rings. The zero-order chi connectivity index (χ0) is 11.8. The van der Waals surface area contributed by atoms with Gasteiger partial charge in [-0.15, -0.1) is 24.0 Å². The highest BCUT2D eigenvalue weighted by Crippen LogP contribution is 2.17. The van der Waals surface area contributed by atoms with Crippen molar-refractivity contribution in [2.75, 3.05) is 26.4 Å². The van der Waals surface area contributed by atoms with E-state index in [1.807, 2.05) is 5.38 Å². The second kappa shape index (κ2) is 7.67. The molecule has 0 aliphatic carbocycles. The third kappa shape index (κ3) is 4.98. The second-order valence-corrected chi connectivity index (χ2v) is 4.54. The maximum atomic E-state index is 11.5. The molecule has 0 saturated carbocycles. The van der Waals surface area contributed by atoms with E-state index in [9.17, 15) is 4.79 Å². The van der Waals surface area contributed by atoms with Crippen molar-refractivity contribution in [1.29, 1.82) is 0 Å². The Hall–Kier alpha value is -0.560. The lowest BCUT2D eigenvalue weighted by atomic mass is 10.4. The van der Waals surface area contributed by atoms with Crippen LogP contribution < -0.4 is 5.32 Å². The molecule has 1 aromatic heterocycles. The second-order valence-electron chi connectivity index (χ2n) is 3.11. The molecule has 2 N–H and O–H groups in total. The summed E-state index contributed by atoms with van der Waals surface area (Å²) >= 11 is 5.51. The fourth-order valence-corrected chi connectivity index (χ4v) is 2.14. The Balaban J connectivity index is 2.11. The van der Waals surface area contributed by atoms with Crippen LogP contribution in [-0.2, 0) is 4.74 Å². The van der Waals surface area contributed by atoms with Crippen molar-refractivity contribution in [3.05, 3.63) is 16.3 Å². The Labute approximate surface area is 104 Å². The van der Waals surface area contributed by atoms with E-state index < -0.39 is 0 Å². The van der Waals surface area contributed by atoms with Gasteiger partial charge in [0.1, 0.15) is 0 Å². The van der Waals surface area contributed by atoms with Crippen molar-refractivity contribution in [2.24, 2.45) is 0 Å². The van der Waals surface area contributed by atoms with Crippen LogP contribution in [0.5, 0.6) is 0 Å². The first-order chi connectivity index (χ1) is 7.74. The molecule has 1 amide bonds. The fraction of sp³-hybridized carbons (Fsp3) is 0.500. The highest BCUT2D eigenvalue weighted by atomic mass is 32.1. The quantitative estimate of drug-likeness (QED) is 0.510. The SMILES string of the molecule is O=C(NCCCOCCO)c1cc(S)cs1. The summed E-state index contributed by atoms with van der Waals surface area (Å²) in [6.45, 7) is 1.50. The van der Waals surface area contributed by atoms with E-state index in [4.69, 9.17) is 9.84 Å². The molecule has 90 valence electrons. The van der Waals surface area contributed by atoms with E-state index in [-0.39, 0.29) is 12.5 Å². The summed E-state index contributed by atoms with van der Waals surface area (Å²) in [6.07, 6.45) is 0.741. The molecule has 4 nitrogen and oxygen atoms in total. The Morgan fingerprint density at radius 1 is 1.56 bits per heavy atom. The molecule has 0 saturated heterocycles. The van der Waals surface area contributed by atoms with Gasteiger partial charge >= 0.3 is 0 Å². The molecule has 1 rings (SSSR count). The zero-order valence-corrected chi connectivity index (χ0v) is 10.5. The van der Waals surface area contributed by atoms with E-state index in [0.29, 0.717) is 24.6 Å². The number of carbonyl (C=O) groups excluding carboxylic acids is 1. The van der Waals surface area contributed by atoms with Gasteiger partial charge in [-0.25, -0.2) is 0 Å². The molecule has 0 unspecified atom stereocenters. The van der Waals surface area contributed by atoms with Crippen molar-refractivity contribution < 1.29 is 14.6 Å². The smallest absolute Gasteiger partial charge is 0.261 e. The van der Waals surface area contributed by atoms with Crippen LogP contribution >= 0.6 is 24.0 Å². The number of aliphatic hydroxyl groups excluding tert-OH is 1. The first-order valence-corrected chi connectivity index (χ1v) is 6.31. The highest BCUT2D eigenvalue weighted by molar-refractivity contribution is 7.80. The molecule has 0 radical (unpaired) electrons. The summed E-state index contributed by atoms with van der Waals surface area (Å²) < 4.78 is 5.06. The Morgan fingerprint density at radius 2 is 2.38 bits per heavy atom. The lowest BCUT2D eigenvalue weighted by Gasteiger charge is -2.03. The standard InChI is InChI=1S/C10H15NO3S2/c12-3-5-14-4-1-2-11-10(13)9-6-8(15)7-16-9/h6-7,12,15H,1-5H2,(H,11,13). The monoisotopic (exact) mass is 261 g/mol. The van der Waals surface area contributed by atoms with Crippen molar-refractivity contribution in [3.63, 3.8) is 0 Å². The minimum Gasteiger partial charge on any atom is -0.394 e. The first kappa shape index (κ1) is 13.5. The van der Waals surface area contributed by atoms with E-state index in [1.54, 1.807) is 6.07 Å². The van der Waals surface area contributed by atoms with E-state index in [0.717, 1.165) is 11.3 Å². The largest absolute Gasteiger partial charge is 0.394 e. The minimum absolute atomic E-state index is 0.0340. The molecule has 0 aliphatic heterocycles. The van der Waals surface area contributed by atoms with E-state index in [1.165, 1.54) is 11.3 Å². The summed E-state index contributed by atoms with van der Waals surface area (Å²) in [5.41, 5.74) is 0. The molecule has 6 heteroatoms. The summed E-state index contributed by atoms with van der Waals surface area (Å²) in [5, 5.41) is 13.1. The van der Waals surface area contributed by atoms with Gasteiger partial charge in [-0.2, -0.15) is 0 Å². The van der Waals surface area contributed by atoms with Crippen LogP contribution in [0.25, 0.3) is 0 Å². The molecule has 0 fully saturated rings. The topological polar surface area (TPSA) is 58.6 Å². The zero-order valence-electron chi connectivity index (χ0n) is 8.81. The molecular formula is C10H15NO3S2. The molecule has 1 heterocycles. The van der Waals surface area contributed by atoms with E-state index in [2.05, 4.69) is 17.9 Å². The van der Waals surface area contributed by atoms with Crippen molar-refractivity contribution in [3.8, 4) is 0 Å². The summed E-state index contributed by atoms with van der Waals surface area (Å²) in [7, 11) is 0. The first-order valence-electron chi connectivity index (χ1n) is 4.98. The van der Waals surface area contributed by atoms with Crippen molar-refractivity contribution in [2.45, 2.75) is 11.3 Å². The van der Waals surface area contributed by atoms with Crippen LogP contribution in [0.4, 0.5) is 0 Å². The van der Waals surface area contributed by atoms with Crippen LogP contribution in [0.3, 0.4) is 0 Å². The molecular weight excluding hydrogens is 246 g/mol. The number of rotatable bonds is 7.